The fourth-order valence-electron chi connectivity index (χ4n) is 3.99. The molecule has 1 saturated heterocycles. The van der Waals surface area contributed by atoms with E-state index in [0.29, 0.717) is 46.4 Å². The summed E-state index contributed by atoms with van der Waals surface area (Å²) < 4.78 is 20.2. The number of pyridine rings is 1. The summed E-state index contributed by atoms with van der Waals surface area (Å²) in [6, 6.07) is 10.6. The van der Waals surface area contributed by atoms with Crippen molar-refractivity contribution in [2.45, 2.75) is 25.5 Å². The van der Waals surface area contributed by atoms with Gasteiger partial charge in [-0.1, -0.05) is 18.2 Å². The standard InChI is InChI=1S/C25H27FN4O5S/c1-14(32)9-15-5-6-17(19(26)10-15)21-11-18(23(27)33)24(36-21)29-22-4-2-3-20(28-22)25(34)30-7-8-35-13-16(30)12-31/h2-6,10-11,14,16,31-32H,7-9,12-13H2,1H3,(H2,27,33)(H,28,29). The Morgan fingerprint density at radius 3 is 2.83 bits per heavy atom. The molecule has 1 aromatic carbocycles. The van der Waals surface area contributed by atoms with E-state index in [2.05, 4.69) is 10.3 Å². The van der Waals surface area contributed by atoms with Crippen LogP contribution >= 0.6 is 11.3 Å². The molecule has 2 atom stereocenters. The highest BCUT2D eigenvalue weighted by Gasteiger charge is 2.28. The molecule has 9 nitrogen and oxygen atoms in total. The number of carbonyl (C=O) groups excluding carboxylic acids is 2. The van der Waals surface area contributed by atoms with E-state index in [1.165, 1.54) is 17.0 Å². The first kappa shape index (κ1) is 25.7. The Morgan fingerprint density at radius 1 is 1.33 bits per heavy atom. The number of nitrogens with one attached hydrogen (secondary N) is 1. The molecular formula is C25H27FN4O5S. The number of benzene rings is 1. The predicted molar refractivity (Wildman–Crippen MR) is 134 cm³/mol. The number of aromatic nitrogens is 1. The van der Waals surface area contributed by atoms with Gasteiger partial charge >= 0.3 is 0 Å². The van der Waals surface area contributed by atoms with Crippen LogP contribution in [0.2, 0.25) is 0 Å². The van der Waals surface area contributed by atoms with Gasteiger partial charge in [-0.3, -0.25) is 9.59 Å². The average Bonchev–Trinajstić information content (AvgIpc) is 3.27. The van der Waals surface area contributed by atoms with Crippen LogP contribution in [0, 0.1) is 5.82 Å². The van der Waals surface area contributed by atoms with Gasteiger partial charge in [0, 0.05) is 17.0 Å². The molecule has 0 bridgehead atoms. The number of aliphatic hydroxyl groups excluding tert-OH is 2. The summed E-state index contributed by atoms with van der Waals surface area (Å²) in [7, 11) is 0. The lowest BCUT2D eigenvalue weighted by atomic mass is 10.0. The maximum absolute atomic E-state index is 14.8. The number of amides is 2. The number of hydrogen-bond donors (Lipinski definition) is 4. The zero-order valence-corrected chi connectivity index (χ0v) is 20.4. The third-order valence-electron chi connectivity index (χ3n) is 5.74. The van der Waals surface area contributed by atoms with E-state index in [4.69, 9.17) is 10.5 Å². The average molecular weight is 515 g/mol. The van der Waals surface area contributed by atoms with Crippen LogP contribution in [0.4, 0.5) is 15.2 Å². The lowest BCUT2D eigenvalue weighted by Gasteiger charge is -2.34. The number of rotatable bonds is 8. The molecule has 2 amide bonds. The highest BCUT2D eigenvalue weighted by atomic mass is 32.1. The van der Waals surface area contributed by atoms with E-state index in [1.807, 2.05) is 0 Å². The first-order valence-electron chi connectivity index (χ1n) is 11.4. The Hall–Kier alpha value is -3.38. The molecule has 11 heteroatoms. The normalized spacial score (nSPS) is 16.6. The monoisotopic (exact) mass is 514 g/mol. The number of morpholine rings is 1. The SMILES string of the molecule is CC(O)Cc1ccc(-c2cc(C(N)=O)c(Nc3cccc(C(=O)N4CCOCC4CO)n3)s2)c(F)c1. The zero-order chi connectivity index (χ0) is 25.8. The van der Waals surface area contributed by atoms with Gasteiger partial charge in [-0.25, -0.2) is 9.37 Å². The summed E-state index contributed by atoms with van der Waals surface area (Å²) in [5, 5.41) is 22.5. The van der Waals surface area contributed by atoms with Crippen molar-refractivity contribution in [2.24, 2.45) is 5.73 Å². The number of carbonyl (C=O) groups is 2. The molecule has 5 N–H and O–H groups in total. The van der Waals surface area contributed by atoms with Crippen LogP contribution in [0.5, 0.6) is 0 Å². The molecule has 1 aliphatic rings. The molecule has 0 saturated carbocycles. The van der Waals surface area contributed by atoms with Gasteiger partial charge in [-0.05, 0) is 43.2 Å². The number of halogens is 1. The van der Waals surface area contributed by atoms with Crippen molar-refractivity contribution in [2.75, 3.05) is 31.7 Å². The Bertz CT molecular complexity index is 1260. The molecule has 0 spiro atoms. The quantitative estimate of drug-likeness (QED) is 0.362. The lowest BCUT2D eigenvalue weighted by molar-refractivity contribution is -0.0186. The van der Waals surface area contributed by atoms with Gasteiger partial charge in [0.15, 0.2) is 0 Å². The molecule has 1 fully saturated rings. The maximum atomic E-state index is 14.8. The summed E-state index contributed by atoms with van der Waals surface area (Å²) >= 11 is 1.13. The number of hydrogen-bond acceptors (Lipinski definition) is 8. The molecule has 3 aromatic rings. The van der Waals surface area contributed by atoms with Crippen molar-refractivity contribution in [3.05, 3.63) is 65.1 Å². The van der Waals surface area contributed by atoms with Gasteiger partial charge in [0.25, 0.3) is 11.8 Å². The van der Waals surface area contributed by atoms with Gasteiger partial charge in [0.05, 0.1) is 37.5 Å². The number of nitrogens with two attached hydrogens (primary N) is 1. The molecule has 2 unspecified atom stereocenters. The van der Waals surface area contributed by atoms with Crippen molar-refractivity contribution in [1.82, 2.24) is 9.88 Å². The Morgan fingerprint density at radius 2 is 2.14 bits per heavy atom. The summed E-state index contributed by atoms with van der Waals surface area (Å²) in [4.78, 5) is 31.5. The molecule has 2 aromatic heterocycles. The molecule has 0 radical (unpaired) electrons. The highest BCUT2D eigenvalue weighted by molar-refractivity contribution is 7.20. The molecule has 36 heavy (non-hydrogen) atoms. The van der Waals surface area contributed by atoms with Crippen LogP contribution < -0.4 is 11.1 Å². The van der Waals surface area contributed by atoms with E-state index in [-0.39, 0.29) is 30.4 Å². The van der Waals surface area contributed by atoms with Crippen LogP contribution in [-0.4, -0.2) is 70.4 Å². The molecule has 1 aliphatic heterocycles. The van der Waals surface area contributed by atoms with Crippen LogP contribution in [0.25, 0.3) is 10.4 Å². The number of primary amides is 1. The third-order valence-corrected chi connectivity index (χ3v) is 6.82. The Balaban J connectivity index is 1.60. The second-order valence-corrected chi connectivity index (χ2v) is 9.58. The third kappa shape index (κ3) is 5.71. The second-order valence-electron chi connectivity index (χ2n) is 8.53. The van der Waals surface area contributed by atoms with Crippen LogP contribution in [0.3, 0.4) is 0 Å². The van der Waals surface area contributed by atoms with E-state index >= 15 is 0 Å². The Labute approximate surface area is 211 Å². The fourth-order valence-corrected chi connectivity index (χ4v) is 5.08. The number of thiophene rings is 1. The van der Waals surface area contributed by atoms with Crippen molar-refractivity contribution < 1.29 is 28.9 Å². The minimum atomic E-state index is -0.697. The molecule has 4 rings (SSSR count). The van der Waals surface area contributed by atoms with Crippen molar-refractivity contribution >= 4 is 34.0 Å². The zero-order valence-electron chi connectivity index (χ0n) is 19.6. The summed E-state index contributed by atoms with van der Waals surface area (Å²) in [5.74, 6) is -1.22. The summed E-state index contributed by atoms with van der Waals surface area (Å²) in [6.45, 7) is 2.36. The smallest absolute Gasteiger partial charge is 0.273 e. The fraction of sp³-hybridized carbons (Fsp3) is 0.320. The first-order chi connectivity index (χ1) is 17.3. The van der Waals surface area contributed by atoms with Crippen molar-refractivity contribution in [1.29, 1.82) is 0 Å². The second kappa shape index (κ2) is 11.1. The van der Waals surface area contributed by atoms with Crippen molar-refractivity contribution in [3.63, 3.8) is 0 Å². The maximum Gasteiger partial charge on any atom is 0.273 e. The highest BCUT2D eigenvalue weighted by Crippen LogP contribution is 2.38. The predicted octanol–water partition coefficient (Wildman–Crippen LogP) is 2.55. The van der Waals surface area contributed by atoms with Gasteiger partial charge in [-0.15, -0.1) is 11.3 Å². The number of anilines is 2. The van der Waals surface area contributed by atoms with Crippen LogP contribution in [0.15, 0.2) is 42.5 Å². The number of aliphatic hydroxyl groups is 2. The van der Waals surface area contributed by atoms with Crippen LogP contribution in [0.1, 0.15) is 33.3 Å². The lowest BCUT2D eigenvalue weighted by Crippen LogP contribution is -2.50. The first-order valence-corrected chi connectivity index (χ1v) is 12.2. The van der Waals surface area contributed by atoms with Gasteiger partial charge in [0.2, 0.25) is 0 Å². The van der Waals surface area contributed by atoms with Crippen molar-refractivity contribution in [3.8, 4) is 10.4 Å². The van der Waals surface area contributed by atoms with Crippen LogP contribution in [-0.2, 0) is 11.2 Å². The topological polar surface area (TPSA) is 138 Å². The molecule has 190 valence electrons. The van der Waals surface area contributed by atoms with E-state index in [1.54, 1.807) is 37.3 Å². The van der Waals surface area contributed by atoms with E-state index in [9.17, 15) is 24.2 Å². The van der Waals surface area contributed by atoms with Gasteiger partial charge in [0.1, 0.15) is 22.3 Å². The molecule has 0 aliphatic carbocycles. The number of nitrogens with zero attached hydrogens (tertiary/aromatic N) is 2. The van der Waals surface area contributed by atoms with Gasteiger partial charge in [-0.2, -0.15) is 0 Å². The van der Waals surface area contributed by atoms with E-state index in [0.717, 1.165) is 11.3 Å². The molecular weight excluding hydrogens is 487 g/mol. The van der Waals surface area contributed by atoms with E-state index < -0.39 is 23.9 Å². The minimum absolute atomic E-state index is 0.162. The Kier molecular flexibility index (Phi) is 7.94. The largest absolute Gasteiger partial charge is 0.394 e. The van der Waals surface area contributed by atoms with Gasteiger partial charge < -0.3 is 30.9 Å². The minimum Gasteiger partial charge on any atom is -0.394 e. The number of ether oxygens (including phenoxy) is 1. The summed E-state index contributed by atoms with van der Waals surface area (Å²) in [6.07, 6.45) is -0.271. The summed E-state index contributed by atoms with van der Waals surface area (Å²) in [5.41, 5.74) is 6.85. The molecule has 3 heterocycles.